The molecular weight excluding hydrogens is 322 g/mol. The summed E-state index contributed by atoms with van der Waals surface area (Å²) in [5.74, 6) is -0.341. The van der Waals surface area contributed by atoms with Gasteiger partial charge < -0.3 is 20.3 Å². The third-order valence-electron chi connectivity index (χ3n) is 5.84. The predicted molar refractivity (Wildman–Crippen MR) is 92.2 cm³/mol. The fourth-order valence-electron chi connectivity index (χ4n) is 3.98. The Morgan fingerprint density at radius 1 is 1.20 bits per heavy atom. The van der Waals surface area contributed by atoms with Gasteiger partial charge in [-0.1, -0.05) is 0 Å². The van der Waals surface area contributed by atoms with Crippen molar-refractivity contribution in [1.29, 1.82) is 0 Å². The molecule has 6 nitrogen and oxygen atoms in total. The van der Waals surface area contributed by atoms with Gasteiger partial charge in [0.05, 0.1) is 0 Å². The Morgan fingerprint density at radius 2 is 1.88 bits per heavy atom. The molecule has 0 spiro atoms. The Balaban J connectivity index is 1.89. The highest BCUT2D eigenvalue weighted by Gasteiger charge is 2.46. The van der Waals surface area contributed by atoms with E-state index in [9.17, 15) is 14.7 Å². The van der Waals surface area contributed by atoms with Gasteiger partial charge in [0.15, 0.2) is 11.4 Å². The average Bonchev–Trinajstić information content (AvgIpc) is 3.07. The number of benzene rings is 1. The maximum atomic E-state index is 13.0. The van der Waals surface area contributed by atoms with E-state index in [0.717, 1.165) is 22.3 Å². The standard InChI is InChI=1S/C19H25NO5/c1-9-10(2)16-13(11(3)15(9)21)5-6-19(4,25-16)17(22)12-7-14(18(23)24)20-8-12/h12,14,20-21H,5-8H2,1-4H3,(H,23,24)/t12?,14-,19?/m0/s1. The number of nitrogens with one attached hydrogen (secondary N) is 1. The molecule has 3 N–H and O–H groups in total. The number of aromatic hydroxyl groups is 1. The van der Waals surface area contributed by atoms with Crippen molar-refractivity contribution in [2.75, 3.05) is 6.54 Å². The number of ketones is 1. The average molecular weight is 347 g/mol. The van der Waals surface area contributed by atoms with Gasteiger partial charge in [-0.2, -0.15) is 0 Å². The predicted octanol–water partition coefficient (Wildman–Crippen LogP) is 2.03. The summed E-state index contributed by atoms with van der Waals surface area (Å²) in [6, 6.07) is -0.670. The molecule has 0 amide bonds. The number of Topliss-reactive ketones (excluding diaryl/α,β-unsaturated/α-hetero) is 1. The number of carboxylic acids is 1. The van der Waals surface area contributed by atoms with Crippen LogP contribution in [0.4, 0.5) is 0 Å². The first kappa shape index (κ1) is 17.7. The van der Waals surface area contributed by atoms with Crippen LogP contribution in [0.3, 0.4) is 0 Å². The maximum absolute atomic E-state index is 13.0. The number of carboxylic acid groups (broad SMARTS) is 1. The first-order valence-electron chi connectivity index (χ1n) is 8.67. The molecule has 3 rings (SSSR count). The summed E-state index contributed by atoms with van der Waals surface area (Å²) in [6.07, 6.45) is 1.48. The number of hydrogen-bond acceptors (Lipinski definition) is 5. The molecule has 3 atom stereocenters. The molecule has 0 aromatic heterocycles. The molecule has 2 aliphatic heterocycles. The summed E-state index contributed by atoms with van der Waals surface area (Å²) in [5.41, 5.74) is 2.42. The van der Waals surface area contributed by atoms with Gasteiger partial charge in [-0.3, -0.25) is 9.59 Å². The van der Waals surface area contributed by atoms with Crippen LogP contribution in [-0.2, 0) is 16.0 Å². The van der Waals surface area contributed by atoms with E-state index in [-0.39, 0.29) is 11.7 Å². The van der Waals surface area contributed by atoms with E-state index in [2.05, 4.69) is 5.32 Å². The number of carbonyl (C=O) groups is 2. The van der Waals surface area contributed by atoms with Crippen molar-refractivity contribution in [2.24, 2.45) is 5.92 Å². The molecule has 1 aromatic carbocycles. The zero-order valence-electron chi connectivity index (χ0n) is 15.1. The lowest BCUT2D eigenvalue weighted by Gasteiger charge is -2.38. The second-order valence-corrected chi connectivity index (χ2v) is 7.46. The Bertz CT molecular complexity index is 757. The molecule has 2 aliphatic rings. The van der Waals surface area contributed by atoms with Crippen molar-refractivity contribution in [3.8, 4) is 11.5 Å². The monoisotopic (exact) mass is 347 g/mol. The number of phenolic OH excluding ortho intramolecular Hbond substituents is 1. The second kappa shape index (κ2) is 6.02. The molecule has 2 unspecified atom stereocenters. The molecule has 0 saturated carbocycles. The molecule has 2 heterocycles. The largest absolute Gasteiger partial charge is 0.507 e. The van der Waals surface area contributed by atoms with E-state index in [1.54, 1.807) is 6.92 Å². The van der Waals surface area contributed by atoms with Gasteiger partial charge in [0.1, 0.15) is 17.5 Å². The third kappa shape index (κ3) is 2.78. The van der Waals surface area contributed by atoms with Gasteiger partial charge >= 0.3 is 5.97 Å². The minimum Gasteiger partial charge on any atom is -0.507 e. The van der Waals surface area contributed by atoms with Crippen LogP contribution >= 0.6 is 0 Å². The summed E-state index contributed by atoms with van der Waals surface area (Å²) in [5, 5.41) is 22.3. The van der Waals surface area contributed by atoms with Crippen molar-refractivity contribution < 1.29 is 24.5 Å². The highest BCUT2D eigenvalue weighted by molar-refractivity contribution is 5.91. The zero-order valence-corrected chi connectivity index (χ0v) is 15.1. The minimum absolute atomic E-state index is 0.0443. The number of phenols is 1. The molecule has 6 heteroatoms. The summed E-state index contributed by atoms with van der Waals surface area (Å²) < 4.78 is 6.20. The van der Waals surface area contributed by atoms with Crippen LogP contribution in [0.2, 0.25) is 0 Å². The quantitative estimate of drug-likeness (QED) is 0.774. The lowest BCUT2D eigenvalue weighted by Crippen LogP contribution is -2.48. The van der Waals surface area contributed by atoms with Gasteiger partial charge in [0, 0.05) is 18.0 Å². The number of hydrogen-bond donors (Lipinski definition) is 3. The highest BCUT2D eigenvalue weighted by Crippen LogP contribution is 2.44. The highest BCUT2D eigenvalue weighted by atomic mass is 16.5. The first-order chi connectivity index (χ1) is 11.7. The smallest absolute Gasteiger partial charge is 0.320 e. The van der Waals surface area contributed by atoms with E-state index < -0.39 is 17.6 Å². The molecule has 0 radical (unpaired) electrons. The van der Waals surface area contributed by atoms with Gasteiger partial charge in [-0.25, -0.2) is 0 Å². The lowest BCUT2D eigenvalue weighted by atomic mass is 9.80. The van der Waals surface area contributed by atoms with Gasteiger partial charge in [-0.15, -0.1) is 0 Å². The number of aliphatic carboxylic acids is 1. The molecule has 136 valence electrons. The van der Waals surface area contributed by atoms with Crippen LogP contribution in [0.5, 0.6) is 11.5 Å². The van der Waals surface area contributed by atoms with Crippen LogP contribution in [0.1, 0.15) is 42.0 Å². The van der Waals surface area contributed by atoms with E-state index in [4.69, 9.17) is 9.84 Å². The van der Waals surface area contributed by atoms with Gasteiger partial charge in [0.2, 0.25) is 0 Å². The molecule has 25 heavy (non-hydrogen) atoms. The number of rotatable bonds is 3. The molecule has 0 bridgehead atoms. The fourth-order valence-corrected chi connectivity index (χ4v) is 3.98. The van der Waals surface area contributed by atoms with E-state index in [0.29, 0.717) is 37.3 Å². The molecule has 0 aliphatic carbocycles. The van der Waals surface area contributed by atoms with Crippen molar-refractivity contribution in [2.45, 2.75) is 58.6 Å². The van der Waals surface area contributed by atoms with Crippen LogP contribution < -0.4 is 10.1 Å². The fraction of sp³-hybridized carbons (Fsp3) is 0.579. The molecule has 1 aromatic rings. The van der Waals surface area contributed by atoms with Crippen LogP contribution in [0, 0.1) is 26.7 Å². The summed E-state index contributed by atoms with van der Waals surface area (Å²) in [7, 11) is 0. The number of fused-ring (bicyclic) bond motifs is 1. The second-order valence-electron chi connectivity index (χ2n) is 7.46. The maximum Gasteiger partial charge on any atom is 0.320 e. The van der Waals surface area contributed by atoms with E-state index >= 15 is 0 Å². The van der Waals surface area contributed by atoms with Gasteiger partial charge in [-0.05, 0) is 63.6 Å². The molecule has 1 saturated heterocycles. The van der Waals surface area contributed by atoms with Crippen LogP contribution in [0.25, 0.3) is 0 Å². The van der Waals surface area contributed by atoms with Crippen molar-refractivity contribution in [1.82, 2.24) is 5.32 Å². The van der Waals surface area contributed by atoms with Gasteiger partial charge in [0.25, 0.3) is 0 Å². The Hall–Kier alpha value is -2.08. The van der Waals surface area contributed by atoms with Crippen molar-refractivity contribution >= 4 is 11.8 Å². The summed E-state index contributed by atoms with van der Waals surface area (Å²) >= 11 is 0. The van der Waals surface area contributed by atoms with E-state index in [1.165, 1.54) is 0 Å². The van der Waals surface area contributed by atoms with E-state index in [1.807, 2.05) is 20.8 Å². The first-order valence-corrected chi connectivity index (χ1v) is 8.67. The van der Waals surface area contributed by atoms with Crippen LogP contribution in [-0.4, -0.2) is 40.2 Å². The molecule has 1 fully saturated rings. The topological polar surface area (TPSA) is 95.9 Å². The minimum atomic E-state index is -0.965. The third-order valence-corrected chi connectivity index (χ3v) is 5.84. The normalized spacial score (nSPS) is 28.3. The van der Waals surface area contributed by atoms with Crippen LogP contribution in [0.15, 0.2) is 0 Å². The Labute approximate surface area is 147 Å². The SMILES string of the molecule is Cc1c(C)c2c(c(C)c1O)CCC(C)(C(=O)C1CN[C@H](C(=O)O)C1)O2. The summed E-state index contributed by atoms with van der Waals surface area (Å²) in [4.78, 5) is 24.2. The zero-order chi connectivity index (χ0) is 18.5. The Morgan fingerprint density at radius 3 is 2.48 bits per heavy atom. The molecular formula is C19H25NO5. The van der Waals surface area contributed by atoms with Crippen molar-refractivity contribution in [3.63, 3.8) is 0 Å². The van der Waals surface area contributed by atoms with Crippen molar-refractivity contribution in [3.05, 3.63) is 22.3 Å². The number of ether oxygens (including phenoxy) is 1. The Kier molecular flexibility index (Phi) is 4.27. The lowest BCUT2D eigenvalue weighted by molar-refractivity contribution is -0.140. The summed E-state index contributed by atoms with van der Waals surface area (Å²) in [6.45, 7) is 7.76. The number of carbonyl (C=O) groups excluding carboxylic acids is 1.